The van der Waals surface area contributed by atoms with Gasteiger partial charge >= 0.3 is 0 Å². The molecule has 1 aliphatic rings. The lowest BCUT2D eigenvalue weighted by Gasteiger charge is -2.19. The molecule has 108 valence electrons. The number of benzene rings is 1. The van der Waals surface area contributed by atoms with Gasteiger partial charge in [0.15, 0.2) is 0 Å². The molecule has 1 aromatic carbocycles. The standard InChI is InChI=1S/C16H18N4O/c1-11-17-14(16(21)19-12-8-9-12)10-15(18-11)20(2)13-6-4-3-5-7-13/h3-7,10,12H,8-9H2,1-2H3,(H,19,21). The summed E-state index contributed by atoms with van der Waals surface area (Å²) in [5.74, 6) is 1.19. The summed E-state index contributed by atoms with van der Waals surface area (Å²) in [5, 5.41) is 2.96. The molecule has 5 nitrogen and oxygen atoms in total. The Bertz CT molecular complexity index is 653. The second kappa shape index (κ2) is 5.52. The highest BCUT2D eigenvalue weighted by Gasteiger charge is 2.25. The Kier molecular flexibility index (Phi) is 3.56. The average molecular weight is 282 g/mol. The molecule has 21 heavy (non-hydrogen) atoms. The molecule has 0 atom stereocenters. The van der Waals surface area contributed by atoms with Crippen LogP contribution >= 0.6 is 0 Å². The fourth-order valence-corrected chi connectivity index (χ4v) is 2.11. The maximum atomic E-state index is 12.1. The number of carbonyl (C=O) groups is 1. The molecule has 0 unspecified atom stereocenters. The lowest BCUT2D eigenvalue weighted by molar-refractivity contribution is 0.0945. The molecule has 1 aromatic heterocycles. The van der Waals surface area contributed by atoms with E-state index in [0.29, 0.717) is 17.6 Å². The van der Waals surface area contributed by atoms with Crippen LogP contribution in [0, 0.1) is 6.92 Å². The summed E-state index contributed by atoms with van der Waals surface area (Å²) in [6, 6.07) is 12.0. The third kappa shape index (κ3) is 3.18. The summed E-state index contributed by atoms with van der Waals surface area (Å²) in [7, 11) is 1.93. The second-order valence-corrected chi connectivity index (χ2v) is 5.30. The first-order chi connectivity index (χ1) is 10.1. The summed E-state index contributed by atoms with van der Waals surface area (Å²) >= 11 is 0. The van der Waals surface area contributed by atoms with Crippen molar-refractivity contribution in [3.05, 3.63) is 47.9 Å². The van der Waals surface area contributed by atoms with E-state index < -0.39 is 0 Å². The van der Waals surface area contributed by atoms with Crippen molar-refractivity contribution < 1.29 is 4.79 Å². The molecule has 1 saturated carbocycles. The van der Waals surface area contributed by atoms with Gasteiger partial charge in [-0.2, -0.15) is 0 Å². The van der Waals surface area contributed by atoms with Crippen LogP contribution in [0.3, 0.4) is 0 Å². The Hall–Kier alpha value is -2.43. The molecular formula is C16H18N4O. The van der Waals surface area contributed by atoms with Crippen molar-refractivity contribution in [1.29, 1.82) is 0 Å². The molecule has 2 aromatic rings. The summed E-state index contributed by atoms with van der Waals surface area (Å²) < 4.78 is 0. The van der Waals surface area contributed by atoms with E-state index in [0.717, 1.165) is 24.3 Å². The zero-order valence-electron chi connectivity index (χ0n) is 12.2. The number of nitrogens with one attached hydrogen (secondary N) is 1. The van der Waals surface area contributed by atoms with Crippen LogP contribution in [0.5, 0.6) is 0 Å². The highest BCUT2D eigenvalue weighted by Crippen LogP contribution is 2.23. The van der Waals surface area contributed by atoms with E-state index in [9.17, 15) is 4.79 Å². The number of aryl methyl sites for hydroxylation is 1. The smallest absolute Gasteiger partial charge is 0.270 e. The van der Waals surface area contributed by atoms with Gasteiger partial charge in [-0.3, -0.25) is 4.79 Å². The number of amides is 1. The Balaban J connectivity index is 1.88. The third-order valence-corrected chi connectivity index (χ3v) is 3.46. The highest BCUT2D eigenvalue weighted by molar-refractivity contribution is 5.93. The number of nitrogens with zero attached hydrogens (tertiary/aromatic N) is 3. The largest absolute Gasteiger partial charge is 0.348 e. The zero-order valence-corrected chi connectivity index (χ0v) is 12.2. The van der Waals surface area contributed by atoms with Crippen molar-refractivity contribution >= 4 is 17.4 Å². The second-order valence-electron chi connectivity index (χ2n) is 5.30. The van der Waals surface area contributed by atoms with Gasteiger partial charge in [0.2, 0.25) is 0 Å². The lowest BCUT2D eigenvalue weighted by Crippen LogP contribution is -2.27. The topological polar surface area (TPSA) is 58.1 Å². The maximum Gasteiger partial charge on any atom is 0.270 e. The molecular weight excluding hydrogens is 264 g/mol. The Labute approximate surface area is 124 Å². The van der Waals surface area contributed by atoms with Crippen molar-refractivity contribution in [1.82, 2.24) is 15.3 Å². The van der Waals surface area contributed by atoms with E-state index in [1.54, 1.807) is 13.0 Å². The summed E-state index contributed by atoms with van der Waals surface area (Å²) in [6.45, 7) is 1.80. The fourth-order valence-electron chi connectivity index (χ4n) is 2.11. The number of carbonyl (C=O) groups excluding carboxylic acids is 1. The number of para-hydroxylation sites is 1. The van der Waals surface area contributed by atoms with Gasteiger partial charge < -0.3 is 10.2 Å². The van der Waals surface area contributed by atoms with E-state index in [1.165, 1.54) is 0 Å². The quantitative estimate of drug-likeness (QED) is 0.935. The van der Waals surface area contributed by atoms with E-state index in [4.69, 9.17) is 0 Å². The predicted octanol–water partition coefficient (Wildman–Crippen LogP) is 2.45. The van der Waals surface area contributed by atoms with E-state index in [-0.39, 0.29) is 5.91 Å². The molecule has 0 spiro atoms. The van der Waals surface area contributed by atoms with Gasteiger partial charge in [-0.05, 0) is 31.9 Å². The number of rotatable bonds is 4. The van der Waals surface area contributed by atoms with Gasteiger partial charge in [0.05, 0.1) is 0 Å². The summed E-state index contributed by atoms with van der Waals surface area (Å²) in [6.07, 6.45) is 2.12. The molecule has 1 heterocycles. The van der Waals surface area contributed by atoms with Crippen LogP contribution in [-0.2, 0) is 0 Å². The fraction of sp³-hybridized carbons (Fsp3) is 0.312. The van der Waals surface area contributed by atoms with Crippen molar-refractivity contribution in [2.24, 2.45) is 0 Å². The minimum atomic E-state index is -0.120. The first kappa shape index (κ1) is 13.5. The lowest BCUT2D eigenvalue weighted by atomic mass is 10.3. The Morgan fingerprint density at radius 2 is 1.95 bits per heavy atom. The molecule has 5 heteroatoms. The van der Waals surface area contributed by atoms with Crippen LogP contribution in [0.4, 0.5) is 11.5 Å². The van der Waals surface area contributed by atoms with Crippen molar-refractivity contribution in [2.75, 3.05) is 11.9 Å². The summed E-state index contributed by atoms with van der Waals surface area (Å²) in [5.41, 5.74) is 1.44. The molecule has 0 aliphatic heterocycles. The molecule has 1 N–H and O–H groups in total. The molecule has 3 rings (SSSR count). The maximum absolute atomic E-state index is 12.1. The van der Waals surface area contributed by atoms with Crippen LogP contribution in [0.15, 0.2) is 36.4 Å². The number of aromatic nitrogens is 2. The minimum Gasteiger partial charge on any atom is -0.348 e. The Morgan fingerprint density at radius 3 is 2.62 bits per heavy atom. The van der Waals surface area contributed by atoms with Crippen molar-refractivity contribution in [3.63, 3.8) is 0 Å². The first-order valence-electron chi connectivity index (χ1n) is 7.09. The van der Waals surface area contributed by atoms with Gasteiger partial charge in [0.25, 0.3) is 5.91 Å². The minimum absolute atomic E-state index is 0.120. The normalized spacial score (nSPS) is 13.8. The van der Waals surface area contributed by atoms with E-state index >= 15 is 0 Å². The average Bonchev–Trinajstić information content (AvgIpc) is 3.30. The SMILES string of the molecule is Cc1nc(C(=O)NC2CC2)cc(N(C)c2ccccc2)n1. The third-order valence-electron chi connectivity index (χ3n) is 3.46. The molecule has 0 bridgehead atoms. The van der Waals surface area contributed by atoms with Gasteiger partial charge in [-0.15, -0.1) is 0 Å². The van der Waals surface area contributed by atoms with Crippen LogP contribution in [-0.4, -0.2) is 29.0 Å². The first-order valence-corrected chi connectivity index (χ1v) is 7.09. The molecule has 0 radical (unpaired) electrons. The van der Waals surface area contributed by atoms with Gasteiger partial charge in [0.1, 0.15) is 17.3 Å². The molecule has 1 aliphatic carbocycles. The van der Waals surface area contributed by atoms with Gasteiger partial charge in [-0.1, -0.05) is 18.2 Å². The number of hydrogen-bond acceptors (Lipinski definition) is 4. The van der Waals surface area contributed by atoms with E-state index in [1.807, 2.05) is 42.3 Å². The molecule has 1 fully saturated rings. The number of hydrogen-bond donors (Lipinski definition) is 1. The van der Waals surface area contributed by atoms with Crippen molar-refractivity contribution in [2.45, 2.75) is 25.8 Å². The number of anilines is 2. The van der Waals surface area contributed by atoms with Gasteiger partial charge in [0, 0.05) is 24.8 Å². The molecule has 1 amide bonds. The molecule has 0 saturated heterocycles. The van der Waals surface area contributed by atoms with E-state index in [2.05, 4.69) is 15.3 Å². The van der Waals surface area contributed by atoms with Crippen LogP contribution in [0.25, 0.3) is 0 Å². The highest BCUT2D eigenvalue weighted by atomic mass is 16.2. The van der Waals surface area contributed by atoms with Crippen LogP contribution in [0.2, 0.25) is 0 Å². The van der Waals surface area contributed by atoms with Crippen molar-refractivity contribution in [3.8, 4) is 0 Å². The van der Waals surface area contributed by atoms with Gasteiger partial charge in [-0.25, -0.2) is 9.97 Å². The van der Waals surface area contributed by atoms with Crippen LogP contribution in [0.1, 0.15) is 29.2 Å². The predicted molar refractivity (Wildman–Crippen MR) is 81.8 cm³/mol. The van der Waals surface area contributed by atoms with Crippen LogP contribution < -0.4 is 10.2 Å². The summed E-state index contributed by atoms with van der Waals surface area (Å²) in [4.78, 5) is 22.7. The Morgan fingerprint density at radius 1 is 1.24 bits per heavy atom. The zero-order chi connectivity index (χ0) is 14.8. The monoisotopic (exact) mass is 282 g/mol.